The van der Waals surface area contributed by atoms with Gasteiger partial charge in [0.05, 0.1) is 23.9 Å². The van der Waals surface area contributed by atoms with Crippen LogP contribution in [0.4, 0.5) is 14.7 Å². The lowest BCUT2D eigenvalue weighted by Crippen LogP contribution is -2.23. The summed E-state index contributed by atoms with van der Waals surface area (Å²) in [5.74, 6) is -0.164. The van der Waals surface area contributed by atoms with E-state index in [0.717, 1.165) is 28.3 Å². The monoisotopic (exact) mass is 485 g/mol. The highest BCUT2D eigenvalue weighted by Crippen LogP contribution is 2.31. The van der Waals surface area contributed by atoms with Crippen LogP contribution < -0.4 is 15.8 Å². The number of hydrogen-bond acceptors (Lipinski definition) is 5. The summed E-state index contributed by atoms with van der Waals surface area (Å²) < 4.78 is 33.9. The zero-order valence-corrected chi connectivity index (χ0v) is 19.2. The molecule has 0 saturated heterocycles. The molecule has 0 bridgehead atoms. The van der Waals surface area contributed by atoms with Crippen LogP contribution in [0.2, 0.25) is 0 Å². The Morgan fingerprint density at radius 3 is 2.39 bits per heavy atom. The molecule has 0 aliphatic heterocycles. The van der Waals surface area contributed by atoms with Crippen molar-refractivity contribution in [1.82, 2.24) is 19.7 Å². The Morgan fingerprint density at radius 2 is 1.67 bits per heavy atom. The minimum absolute atomic E-state index is 0.120. The minimum atomic E-state index is -0.522. The summed E-state index contributed by atoms with van der Waals surface area (Å²) in [5, 5.41) is 2.78. The average Bonchev–Trinajstić information content (AvgIpc) is 3.29. The Bertz CT molecular complexity index is 1560. The van der Waals surface area contributed by atoms with Crippen molar-refractivity contribution in [2.75, 3.05) is 12.8 Å². The number of amides is 1. The van der Waals surface area contributed by atoms with Crippen LogP contribution in [0.5, 0.6) is 5.75 Å². The van der Waals surface area contributed by atoms with Crippen molar-refractivity contribution in [3.05, 3.63) is 102 Å². The summed E-state index contributed by atoms with van der Waals surface area (Å²) in [5.41, 5.74) is 10.0. The molecule has 0 fully saturated rings. The predicted octanol–water partition coefficient (Wildman–Crippen LogP) is 4.86. The molecule has 2 heterocycles. The molecular weight excluding hydrogens is 464 g/mol. The molecule has 0 saturated carbocycles. The van der Waals surface area contributed by atoms with Gasteiger partial charge in [-0.3, -0.25) is 9.20 Å². The second-order valence-electron chi connectivity index (χ2n) is 8.04. The van der Waals surface area contributed by atoms with Gasteiger partial charge in [-0.15, -0.1) is 0 Å². The van der Waals surface area contributed by atoms with Crippen LogP contribution in [-0.2, 0) is 6.54 Å². The van der Waals surface area contributed by atoms with Gasteiger partial charge in [-0.2, -0.15) is 0 Å². The van der Waals surface area contributed by atoms with Gasteiger partial charge in [0.15, 0.2) is 0 Å². The highest BCUT2D eigenvalue weighted by Gasteiger charge is 2.17. The lowest BCUT2D eigenvalue weighted by atomic mass is 10.1. The number of nitrogens with one attached hydrogen (secondary N) is 1. The lowest BCUT2D eigenvalue weighted by molar-refractivity contribution is 0.0947. The van der Waals surface area contributed by atoms with Gasteiger partial charge in [0, 0.05) is 23.9 Å². The second-order valence-corrected chi connectivity index (χ2v) is 8.04. The Labute approximate surface area is 205 Å². The van der Waals surface area contributed by atoms with E-state index in [1.54, 1.807) is 28.8 Å². The first-order valence-corrected chi connectivity index (χ1v) is 11.0. The first kappa shape index (κ1) is 23.0. The smallest absolute Gasteiger partial charge is 0.255 e. The van der Waals surface area contributed by atoms with Gasteiger partial charge in [-0.25, -0.2) is 18.7 Å². The fourth-order valence-corrected chi connectivity index (χ4v) is 3.98. The van der Waals surface area contributed by atoms with E-state index >= 15 is 0 Å². The zero-order chi connectivity index (χ0) is 25.2. The number of rotatable bonds is 6. The first-order chi connectivity index (χ1) is 17.4. The van der Waals surface area contributed by atoms with Crippen LogP contribution in [0.1, 0.15) is 15.9 Å². The molecule has 2 aromatic heterocycles. The third-order valence-corrected chi connectivity index (χ3v) is 5.77. The molecule has 1 amide bonds. The number of nitrogens with two attached hydrogens (primary N) is 1. The van der Waals surface area contributed by atoms with Crippen LogP contribution in [0.25, 0.3) is 28.2 Å². The number of ether oxygens (including phenoxy) is 1. The number of halogens is 2. The Balaban J connectivity index is 1.42. The van der Waals surface area contributed by atoms with E-state index in [9.17, 15) is 13.6 Å². The molecular formula is C27H21F2N5O2. The molecule has 9 heteroatoms. The van der Waals surface area contributed by atoms with Crippen LogP contribution >= 0.6 is 0 Å². The molecule has 5 aromatic rings. The van der Waals surface area contributed by atoms with E-state index in [0.29, 0.717) is 17.3 Å². The summed E-state index contributed by atoms with van der Waals surface area (Å²) in [6.07, 6.45) is 1.60. The van der Waals surface area contributed by atoms with Crippen molar-refractivity contribution in [2.45, 2.75) is 6.54 Å². The van der Waals surface area contributed by atoms with Crippen LogP contribution in [0.3, 0.4) is 0 Å². The molecule has 36 heavy (non-hydrogen) atoms. The zero-order valence-electron chi connectivity index (χ0n) is 19.2. The molecule has 3 aromatic carbocycles. The van der Waals surface area contributed by atoms with Crippen molar-refractivity contribution in [3.63, 3.8) is 0 Å². The topological polar surface area (TPSA) is 94.5 Å². The molecule has 0 aliphatic rings. The number of methoxy groups -OCH3 is 1. The Morgan fingerprint density at radius 1 is 0.972 bits per heavy atom. The number of benzene rings is 3. The highest BCUT2D eigenvalue weighted by molar-refractivity contribution is 5.96. The quantitative estimate of drug-likeness (QED) is 0.358. The van der Waals surface area contributed by atoms with Crippen LogP contribution in [0, 0.1) is 11.6 Å². The Hall–Kier alpha value is -4.79. The fourth-order valence-electron chi connectivity index (χ4n) is 3.98. The van der Waals surface area contributed by atoms with E-state index in [-0.39, 0.29) is 23.9 Å². The van der Waals surface area contributed by atoms with Crippen molar-refractivity contribution in [2.24, 2.45) is 0 Å². The number of nitrogen functional groups attached to an aromatic ring is 1. The molecule has 0 unspecified atom stereocenters. The van der Waals surface area contributed by atoms with Gasteiger partial charge < -0.3 is 15.8 Å². The standard InChI is InChI=1S/C27H21F2N5O2/c1-36-23-11-10-20(29)14-21(23)26(35)32-15-16-2-4-18(5-3-16)25-33-24(17-6-8-19(28)9-7-17)22-12-13-31-27(30)34(22)25/h2-14H,15H2,1H3,(H2,30,31)(H,32,35). The molecule has 0 atom stereocenters. The molecule has 0 radical (unpaired) electrons. The largest absolute Gasteiger partial charge is 0.496 e. The second kappa shape index (κ2) is 9.46. The maximum atomic E-state index is 13.6. The highest BCUT2D eigenvalue weighted by atomic mass is 19.1. The Kier molecular flexibility index (Phi) is 6.03. The number of hydrogen-bond donors (Lipinski definition) is 2. The van der Waals surface area contributed by atoms with Gasteiger partial charge in [0.1, 0.15) is 23.2 Å². The first-order valence-electron chi connectivity index (χ1n) is 11.0. The number of nitrogens with zero attached hydrogens (tertiary/aromatic N) is 3. The van der Waals surface area contributed by atoms with E-state index in [4.69, 9.17) is 15.5 Å². The van der Waals surface area contributed by atoms with Gasteiger partial charge in [-0.05, 0) is 54.1 Å². The maximum Gasteiger partial charge on any atom is 0.255 e. The van der Waals surface area contributed by atoms with Gasteiger partial charge in [0.25, 0.3) is 5.91 Å². The third kappa shape index (κ3) is 4.34. The summed E-state index contributed by atoms with van der Waals surface area (Å²) in [6, 6.07) is 19.1. The number of imidazole rings is 1. The summed E-state index contributed by atoms with van der Waals surface area (Å²) in [4.78, 5) is 21.5. The van der Waals surface area contributed by atoms with Crippen molar-refractivity contribution in [3.8, 4) is 28.4 Å². The maximum absolute atomic E-state index is 13.6. The SMILES string of the molecule is COc1ccc(F)cc1C(=O)NCc1ccc(-c2nc(-c3ccc(F)cc3)c3ccnc(N)n23)cc1. The number of anilines is 1. The third-order valence-electron chi connectivity index (χ3n) is 5.77. The van der Waals surface area contributed by atoms with Gasteiger partial charge in [-0.1, -0.05) is 24.3 Å². The molecule has 0 aliphatic carbocycles. The van der Waals surface area contributed by atoms with Crippen molar-refractivity contribution in [1.29, 1.82) is 0 Å². The normalized spacial score (nSPS) is 11.0. The summed E-state index contributed by atoms with van der Waals surface area (Å²) in [6.45, 7) is 0.228. The lowest BCUT2D eigenvalue weighted by Gasteiger charge is -2.10. The fraction of sp³-hybridized carbons (Fsp3) is 0.0741. The summed E-state index contributed by atoms with van der Waals surface area (Å²) >= 11 is 0. The van der Waals surface area contributed by atoms with Crippen LogP contribution in [0.15, 0.2) is 79.0 Å². The molecule has 5 rings (SSSR count). The van der Waals surface area contributed by atoms with Crippen LogP contribution in [-0.4, -0.2) is 27.4 Å². The van der Waals surface area contributed by atoms with Gasteiger partial charge in [0.2, 0.25) is 5.95 Å². The molecule has 180 valence electrons. The van der Waals surface area contributed by atoms with E-state index in [1.807, 2.05) is 24.3 Å². The predicted molar refractivity (Wildman–Crippen MR) is 132 cm³/mol. The number of aromatic nitrogens is 3. The molecule has 3 N–H and O–H groups in total. The van der Waals surface area contributed by atoms with Gasteiger partial charge >= 0.3 is 0 Å². The minimum Gasteiger partial charge on any atom is -0.496 e. The van der Waals surface area contributed by atoms with Crippen molar-refractivity contribution >= 4 is 17.4 Å². The van der Waals surface area contributed by atoms with E-state index in [2.05, 4.69) is 10.3 Å². The number of fused-ring (bicyclic) bond motifs is 1. The average molecular weight is 485 g/mol. The summed E-state index contributed by atoms with van der Waals surface area (Å²) in [7, 11) is 1.42. The van der Waals surface area contributed by atoms with Crippen molar-refractivity contribution < 1.29 is 18.3 Å². The van der Waals surface area contributed by atoms with E-state index < -0.39 is 11.7 Å². The molecule has 7 nitrogen and oxygen atoms in total. The van der Waals surface area contributed by atoms with E-state index in [1.165, 1.54) is 31.4 Å². The molecule has 0 spiro atoms. The number of carbonyl (C=O) groups is 1. The number of carbonyl (C=O) groups excluding carboxylic acids is 1.